The second-order valence-electron chi connectivity index (χ2n) is 6.51. The number of rotatable bonds is 2. The maximum absolute atomic E-state index is 12.3. The minimum absolute atomic E-state index is 0.0896. The molecule has 0 unspecified atom stereocenters. The summed E-state index contributed by atoms with van der Waals surface area (Å²) in [5.74, 6) is 0.603. The summed E-state index contributed by atoms with van der Waals surface area (Å²) < 4.78 is 12.7. The zero-order valence-electron chi connectivity index (χ0n) is 14.1. The predicted octanol–water partition coefficient (Wildman–Crippen LogP) is 2.34. The van der Waals surface area contributed by atoms with E-state index in [0.717, 1.165) is 11.3 Å². The van der Waals surface area contributed by atoms with Crippen LogP contribution < -0.4 is 10.3 Å². The third kappa shape index (κ3) is 2.96. The SMILES string of the molecule is CCOc1c2c(n(C)c(=O)c1C)CN(C(=O)OC(C)(C)C)C2. The van der Waals surface area contributed by atoms with Gasteiger partial charge in [0.05, 0.1) is 25.3 Å². The highest BCUT2D eigenvalue weighted by atomic mass is 16.6. The van der Waals surface area contributed by atoms with Crippen LogP contribution in [0.1, 0.15) is 44.5 Å². The van der Waals surface area contributed by atoms with Gasteiger partial charge in [-0.3, -0.25) is 9.69 Å². The van der Waals surface area contributed by atoms with E-state index in [9.17, 15) is 9.59 Å². The smallest absolute Gasteiger partial charge is 0.410 e. The molecule has 0 aliphatic carbocycles. The molecule has 0 N–H and O–H groups in total. The number of fused-ring (bicyclic) bond motifs is 1. The molecule has 1 aliphatic rings. The summed E-state index contributed by atoms with van der Waals surface area (Å²) in [7, 11) is 1.72. The first-order chi connectivity index (χ1) is 10.2. The van der Waals surface area contributed by atoms with Crippen molar-refractivity contribution in [2.45, 2.75) is 53.3 Å². The van der Waals surface area contributed by atoms with Crippen molar-refractivity contribution in [2.24, 2.45) is 7.05 Å². The van der Waals surface area contributed by atoms with E-state index in [1.54, 1.807) is 23.4 Å². The molecule has 0 radical (unpaired) electrons. The number of carbonyl (C=O) groups is 1. The molecule has 22 heavy (non-hydrogen) atoms. The molecule has 2 heterocycles. The lowest BCUT2D eigenvalue weighted by Gasteiger charge is -2.24. The average Bonchev–Trinajstić information content (AvgIpc) is 2.84. The first kappa shape index (κ1) is 16.4. The molecule has 6 heteroatoms. The fourth-order valence-corrected chi connectivity index (χ4v) is 2.62. The van der Waals surface area contributed by atoms with Crippen LogP contribution in [0.25, 0.3) is 0 Å². The Morgan fingerprint density at radius 3 is 2.45 bits per heavy atom. The lowest BCUT2D eigenvalue weighted by atomic mass is 10.1. The van der Waals surface area contributed by atoms with Crippen LogP contribution in [-0.4, -0.2) is 27.8 Å². The van der Waals surface area contributed by atoms with E-state index in [2.05, 4.69) is 0 Å². The fraction of sp³-hybridized carbons (Fsp3) is 0.625. The van der Waals surface area contributed by atoms with E-state index in [1.165, 1.54) is 0 Å². The number of aromatic nitrogens is 1. The molecule has 6 nitrogen and oxygen atoms in total. The number of hydrogen-bond donors (Lipinski definition) is 0. The van der Waals surface area contributed by atoms with E-state index >= 15 is 0 Å². The van der Waals surface area contributed by atoms with Crippen molar-refractivity contribution in [3.8, 4) is 5.75 Å². The molecule has 1 amide bonds. The van der Waals surface area contributed by atoms with E-state index in [4.69, 9.17) is 9.47 Å². The second kappa shape index (κ2) is 5.66. The van der Waals surface area contributed by atoms with Crippen LogP contribution in [0.4, 0.5) is 4.79 Å². The number of pyridine rings is 1. The summed E-state index contributed by atoms with van der Waals surface area (Å²) in [4.78, 5) is 26.1. The fourth-order valence-electron chi connectivity index (χ4n) is 2.62. The molecule has 1 aromatic heterocycles. The Balaban J connectivity index is 2.38. The number of nitrogens with zero attached hydrogens (tertiary/aromatic N) is 2. The van der Waals surface area contributed by atoms with Crippen molar-refractivity contribution in [3.05, 3.63) is 27.2 Å². The van der Waals surface area contributed by atoms with Crippen LogP contribution in [0.15, 0.2) is 4.79 Å². The molecule has 0 saturated heterocycles. The standard InChI is InChI=1S/C16H24N2O4/c1-7-21-13-10(2)14(19)17(6)12-9-18(8-11(12)13)15(20)22-16(3,4)5/h7-9H2,1-6H3. The van der Waals surface area contributed by atoms with Gasteiger partial charge < -0.3 is 14.0 Å². The van der Waals surface area contributed by atoms with Crippen LogP contribution in [-0.2, 0) is 24.9 Å². The van der Waals surface area contributed by atoms with Crippen molar-refractivity contribution < 1.29 is 14.3 Å². The Labute approximate surface area is 130 Å². The summed E-state index contributed by atoms with van der Waals surface area (Å²) in [6, 6.07) is 0. The molecule has 0 spiro atoms. The molecule has 0 fully saturated rings. The topological polar surface area (TPSA) is 60.8 Å². The van der Waals surface area contributed by atoms with Gasteiger partial charge in [0.15, 0.2) is 0 Å². The van der Waals surface area contributed by atoms with Crippen LogP contribution in [0, 0.1) is 6.92 Å². The molecule has 0 saturated carbocycles. The Morgan fingerprint density at radius 2 is 1.91 bits per heavy atom. The Kier molecular flexibility index (Phi) is 4.22. The normalized spacial score (nSPS) is 14.0. The van der Waals surface area contributed by atoms with Gasteiger partial charge in [-0.25, -0.2) is 4.79 Å². The van der Waals surface area contributed by atoms with Gasteiger partial charge in [0.2, 0.25) is 0 Å². The summed E-state index contributed by atoms with van der Waals surface area (Å²) in [6.07, 6.45) is -0.378. The van der Waals surface area contributed by atoms with Gasteiger partial charge in [-0.1, -0.05) is 0 Å². The quantitative estimate of drug-likeness (QED) is 0.841. The van der Waals surface area contributed by atoms with E-state index in [-0.39, 0.29) is 11.7 Å². The van der Waals surface area contributed by atoms with Crippen LogP contribution in [0.2, 0.25) is 0 Å². The van der Waals surface area contributed by atoms with Crippen molar-refractivity contribution >= 4 is 6.09 Å². The maximum atomic E-state index is 12.3. The molecule has 0 atom stereocenters. The Hall–Kier alpha value is -1.98. The molecule has 0 aromatic carbocycles. The summed E-state index contributed by atoms with van der Waals surface area (Å²) in [6.45, 7) is 10.4. The molecule has 122 valence electrons. The average molecular weight is 308 g/mol. The zero-order chi connectivity index (χ0) is 16.7. The van der Waals surface area contributed by atoms with Crippen molar-refractivity contribution in [1.82, 2.24) is 9.47 Å². The molecule has 2 rings (SSSR count). The minimum Gasteiger partial charge on any atom is -0.493 e. The largest absolute Gasteiger partial charge is 0.493 e. The Morgan fingerprint density at radius 1 is 1.27 bits per heavy atom. The maximum Gasteiger partial charge on any atom is 0.410 e. The zero-order valence-corrected chi connectivity index (χ0v) is 14.1. The van der Waals surface area contributed by atoms with E-state index in [1.807, 2.05) is 27.7 Å². The van der Waals surface area contributed by atoms with Gasteiger partial charge in [-0.05, 0) is 34.6 Å². The van der Waals surface area contributed by atoms with Gasteiger partial charge >= 0.3 is 6.09 Å². The monoisotopic (exact) mass is 308 g/mol. The summed E-state index contributed by atoms with van der Waals surface area (Å²) >= 11 is 0. The van der Waals surface area contributed by atoms with Crippen LogP contribution in [0.5, 0.6) is 5.75 Å². The van der Waals surface area contributed by atoms with Gasteiger partial charge in [0, 0.05) is 18.3 Å². The van der Waals surface area contributed by atoms with Gasteiger partial charge in [0.25, 0.3) is 5.56 Å². The summed E-state index contributed by atoms with van der Waals surface area (Å²) in [5.41, 5.74) is 1.65. The summed E-state index contributed by atoms with van der Waals surface area (Å²) in [5, 5.41) is 0. The van der Waals surface area contributed by atoms with Crippen molar-refractivity contribution in [3.63, 3.8) is 0 Å². The Bertz CT molecular complexity index is 656. The predicted molar refractivity (Wildman–Crippen MR) is 83.1 cm³/mol. The van der Waals surface area contributed by atoms with E-state index < -0.39 is 5.60 Å². The van der Waals surface area contributed by atoms with Crippen molar-refractivity contribution in [1.29, 1.82) is 0 Å². The first-order valence-corrected chi connectivity index (χ1v) is 7.47. The third-order valence-corrected chi connectivity index (χ3v) is 3.62. The van der Waals surface area contributed by atoms with Crippen LogP contribution in [0.3, 0.4) is 0 Å². The van der Waals surface area contributed by atoms with Crippen LogP contribution >= 0.6 is 0 Å². The highest BCUT2D eigenvalue weighted by Crippen LogP contribution is 2.32. The van der Waals surface area contributed by atoms with Gasteiger partial charge in [-0.2, -0.15) is 0 Å². The lowest BCUT2D eigenvalue weighted by Crippen LogP contribution is -2.33. The molecular weight excluding hydrogens is 284 g/mol. The third-order valence-electron chi connectivity index (χ3n) is 3.62. The lowest BCUT2D eigenvalue weighted by molar-refractivity contribution is 0.0239. The molecule has 1 aliphatic heterocycles. The van der Waals surface area contributed by atoms with Crippen molar-refractivity contribution in [2.75, 3.05) is 6.61 Å². The highest BCUT2D eigenvalue weighted by Gasteiger charge is 2.32. The second-order valence-corrected chi connectivity index (χ2v) is 6.51. The highest BCUT2D eigenvalue weighted by molar-refractivity contribution is 5.69. The number of ether oxygens (including phenoxy) is 2. The van der Waals surface area contributed by atoms with Gasteiger partial charge in [-0.15, -0.1) is 0 Å². The van der Waals surface area contributed by atoms with E-state index in [0.29, 0.717) is 31.0 Å². The minimum atomic E-state index is -0.545. The number of carbonyl (C=O) groups excluding carboxylic acids is 1. The molecule has 1 aromatic rings. The number of hydrogen-bond acceptors (Lipinski definition) is 4. The molecule has 0 bridgehead atoms. The first-order valence-electron chi connectivity index (χ1n) is 7.47. The number of amides is 1. The van der Waals surface area contributed by atoms with Gasteiger partial charge in [0.1, 0.15) is 11.4 Å². The molecular formula is C16H24N2O4.